The largest absolute Gasteiger partial charge is 0.326 e. The molecule has 4 heteroatoms. The van der Waals surface area contributed by atoms with Crippen molar-refractivity contribution < 1.29 is 0 Å². The van der Waals surface area contributed by atoms with Crippen molar-refractivity contribution >= 4 is 22.5 Å². The number of hydrogen-bond acceptors (Lipinski definition) is 3. The lowest BCUT2D eigenvalue weighted by molar-refractivity contribution is 1.07. The van der Waals surface area contributed by atoms with Crippen molar-refractivity contribution in [3.63, 3.8) is 0 Å². The Morgan fingerprint density at radius 1 is 1.05 bits per heavy atom. The van der Waals surface area contributed by atoms with E-state index in [1.54, 1.807) is 6.20 Å². The van der Waals surface area contributed by atoms with Gasteiger partial charge in [-0.1, -0.05) is 41.9 Å². The summed E-state index contributed by atoms with van der Waals surface area (Å²) in [4.78, 5) is 8.36. The molecule has 3 nitrogen and oxygen atoms in total. The van der Waals surface area contributed by atoms with Crippen LogP contribution in [0.25, 0.3) is 22.0 Å². The second-order valence-corrected chi connectivity index (χ2v) is 4.64. The zero-order valence-electron chi connectivity index (χ0n) is 10.2. The number of halogens is 1. The summed E-state index contributed by atoms with van der Waals surface area (Å²) in [7, 11) is 0. The molecule has 3 rings (SSSR count). The Kier molecular flexibility index (Phi) is 3.15. The highest BCUT2D eigenvalue weighted by atomic mass is 35.5. The summed E-state index contributed by atoms with van der Waals surface area (Å²) in [6.07, 6.45) is 3.33. The maximum absolute atomic E-state index is 6.27. The molecule has 1 heterocycles. The summed E-state index contributed by atoms with van der Waals surface area (Å²) in [6, 6.07) is 11.8. The van der Waals surface area contributed by atoms with Crippen molar-refractivity contribution in [3.8, 4) is 11.1 Å². The van der Waals surface area contributed by atoms with Gasteiger partial charge >= 0.3 is 0 Å². The van der Waals surface area contributed by atoms with Gasteiger partial charge in [-0.2, -0.15) is 0 Å². The fourth-order valence-electron chi connectivity index (χ4n) is 2.25. The molecule has 0 aliphatic carbocycles. The van der Waals surface area contributed by atoms with Crippen LogP contribution < -0.4 is 5.73 Å². The Labute approximate surface area is 116 Å². The maximum Gasteiger partial charge on any atom is 0.116 e. The number of rotatable bonds is 2. The SMILES string of the molecule is NCc1c(-c2ccccc2Cl)ccc2cncnc12. The van der Waals surface area contributed by atoms with Gasteiger partial charge in [0.25, 0.3) is 0 Å². The third kappa shape index (κ3) is 2.07. The Morgan fingerprint density at radius 3 is 2.68 bits per heavy atom. The second-order valence-electron chi connectivity index (χ2n) is 4.24. The van der Waals surface area contributed by atoms with E-state index >= 15 is 0 Å². The minimum absolute atomic E-state index is 0.412. The molecule has 0 atom stereocenters. The molecule has 0 saturated heterocycles. The third-order valence-electron chi connectivity index (χ3n) is 3.15. The number of fused-ring (bicyclic) bond motifs is 1. The molecule has 0 bridgehead atoms. The van der Waals surface area contributed by atoms with Crippen LogP contribution in [0.15, 0.2) is 48.9 Å². The van der Waals surface area contributed by atoms with Crippen LogP contribution in [-0.4, -0.2) is 9.97 Å². The summed E-state index contributed by atoms with van der Waals surface area (Å²) in [5, 5.41) is 1.70. The molecule has 2 aromatic carbocycles. The number of nitrogens with zero attached hydrogens (tertiary/aromatic N) is 2. The first kappa shape index (κ1) is 12.1. The zero-order valence-corrected chi connectivity index (χ0v) is 10.9. The van der Waals surface area contributed by atoms with E-state index in [4.69, 9.17) is 17.3 Å². The van der Waals surface area contributed by atoms with E-state index in [9.17, 15) is 0 Å². The molecular weight excluding hydrogens is 258 g/mol. The monoisotopic (exact) mass is 269 g/mol. The lowest BCUT2D eigenvalue weighted by atomic mass is 9.97. The van der Waals surface area contributed by atoms with Gasteiger partial charge in [-0.3, -0.25) is 0 Å². The van der Waals surface area contributed by atoms with E-state index in [2.05, 4.69) is 9.97 Å². The lowest BCUT2D eigenvalue weighted by Crippen LogP contribution is -2.02. The molecule has 0 spiro atoms. The van der Waals surface area contributed by atoms with Crippen molar-refractivity contribution in [2.24, 2.45) is 5.73 Å². The first-order valence-electron chi connectivity index (χ1n) is 5.98. The van der Waals surface area contributed by atoms with E-state index in [0.29, 0.717) is 11.6 Å². The predicted molar refractivity (Wildman–Crippen MR) is 77.9 cm³/mol. The van der Waals surface area contributed by atoms with Crippen molar-refractivity contribution in [1.82, 2.24) is 9.97 Å². The van der Waals surface area contributed by atoms with Crippen LogP contribution in [0.2, 0.25) is 5.02 Å². The Morgan fingerprint density at radius 2 is 1.89 bits per heavy atom. The fraction of sp³-hybridized carbons (Fsp3) is 0.0667. The van der Waals surface area contributed by atoms with E-state index in [1.165, 1.54) is 6.33 Å². The third-order valence-corrected chi connectivity index (χ3v) is 3.48. The molecule has 0 aliphatic heterocycles. The molecule has 0 unspecified atom stereocenters. The zero-order chi connectivity index (χ0) is 13.2. The van der Waals surface area contributed by atoms with Gasteiger partial charge in [0.05, 0.1) is 5.52 Å². The van der Waals surface area contributed by atoms with Crippen LogP contribution >= 0.6 is 11.6 Å². The molecule has 2 N–H and O–H groups in total. The fourth-order valence-corrected chi connectivity index (χ4v) is 2.49. The quantitative estimate of drug-likeness (QED) is 0.776. The summed E-state index contributed by atoms with van der Waals surface area (Å²) >= 11 is 6.27. The highest BCUT2D eigenvalue weighted by Gasteiger charge is 2.11. The maximum atomic E-state index is 6.27. The summed E-state index contributed by atoms with van der Waals surface area (Å²) in [5.74, 6) is 0. The first-order valence-corrected chi connectivity index (χ1v) is 6.35. The molecule has 94 valence electrons. The molecule has 0 aliphatic rings. The minimum atomic E-state index is 0.412. The topological polar surface area (TPSA) is 51.8 Å². The van der Waals surface area contributed by atoms with Crippen molar-refractivity contribution in [1.29, 1.82) is 0 Å². The van der Waals surface area contributed by atoms with Crippen LogP contribution in [0.3, 0.4) is 0 Å². The normalized spacial score (nSPS) is 10.8. The van der Waals surface area contributed by atoms with Gasteiger partial charge in [0.15, 0.2) is 0 Å². The molecule has 0 amide bonds. The molecule has 0 saturated carbocycles. The van der Waals surface area contributed by atoms with Gasteiger partial charge in [0.2, 0.25) is 0 Å². The van der Waals surface area contributed by atoms with Crippen molar-refractivity contribution in [2.75, 3.05) is 0 Å². The second kappa shape index (κ2) is 4.96. The molecule has 0 fully saturated rings. The van der Waals surface area contributed by atoms with E-state index in [1.807, 2.05) is 36.4 Å². The van der Waals surface area contributed by atoms with Crippen LogP contribution in [0, 0.1) is 0 Å². The number of aromatic nitrogens is 2. The standard InChI is InChI=1S/C15H12ClN3/c16-14-4-2-1-3-12(14)11-6-5-10-8-18-9-19-15(10)13(11)7-17/h1-6,8-9H,7,17H2. The van der Waals surface area contributed by atoms with Gasteiger partial charge < -0.3 is 5.73 Å². The number of benzene rings is 2. The average molecular weight is 270 g/mol. The molecule has 0 radical (unpaired) electrons. The summed E-state index contributed by atoms with van der Waals surface area (Å²) < 4.78 is 0. The predicted octanol–water partition coefficient (Wildman–Crippen LogP) is 3.41. The highest BCUT2D eigenvalue weighted by Crippen LogP contribution is 2.33. The van der Waals surface area contributed by atoms with Gasteiger partial charge in [-0.15, -0.1) is 0 Å². The summed E-state index contributed by atoms with van der Waals surface area (Å²) in [5.41, 5.74) is 9.78. The molecule has 19 heavy (non-hydrogen) atoms. The van der Waals surface area contributed by atoms with Gasteiger partial charge in [-0.05, 0) is 17.2 Å². The molecule has 1 aromatic heterocycles. The number of hydrogen-bond donors (Lipinski definition) is 1. The van der Waals surface area contributed by atoms with E-state index in [0.717, 1.165) is 27.6 Å². The number of nitrogens with two attached hydrogens (primary N) is 1. The van der Waals surface area contributed by atoms with Crippen molar-refractivity contribution in [2.45, 2.75) is 6.54 Å². The first-order chi connectivity index (χ1) is 9.31. The smallest absolute Gasteiger partial charge is 0.116 e. The van der Waals surface area contributed by atoms with Crippen LogP contribution in [-0.2, 0) is 6.54 Å². The Hall–Kier alpha value is -1.97. The van der Waals surface area contributed by atoms with E-state index in [-0.39, 0.29) is 0 Å². The lowest BCUT2D eigenvalue weighted by Gasteiger charge is -2.12. The Balaban J connectivity index is 2.33. The van der Waals surface area contributed by atoms with Crippen LogP contribution in [0.4, 0.5) is 0 Å². The average Bonchev–Trinajstić information content (AvgIpc) is 2.46. The minimum Gasteiger partial charge on any atom is -0.326 e. The van der Waals surface area contributed by atoms with Gasteiger partial charge in [0, 0.05) is 28.7 Å². The highest BCUT2D eigenvalue weighted by molar-refractivity contribution is 6.33. The van der Waals surface area contributed by atoms with E-state index < -0.39 is 0 Å². The Bertz CT molecular complexity index is 740. The van der Waals surface area contributed by atoms with Crippen LogP contribution in [0.5, 0.6) is 0 Å². The van der Waals surface area contributed by atoms with Crippen molar-refractivity contribution in [3.05, 3.63) is 59.5 Å². The van der Waals surface area contributed by atoms with Gasteiger partial charge in [0.1, 0.15) is 6.33 Å². The van der Waals surface area contributed by atoms with Crippen LogP contribution in [0.1, 0.15) is 5.56 Å². The summed E-state index contributed by atoms with van der Waals surface area (Å²) in [6.45, 7) is 0.412. The van der Waals surface area contributed by atoms with Gasteiger partial charge in [-0.25, -0.2) is 9.97 Å². The molecule has 3 aromatic rings. The molecular formula is C15H12ClN3.